The van der Waals surface area contributed by atoms with E-state index in [1.54, 1.807) is 11.3 Å². The Balaban J connectivity index is 1.90. The molecule has 8 heteroatoms. The highest BCUT2D eigenvalue weighted by Gasteiger charge is 2.22. The van der Waals surface area contributed by atoms with E-state index in [2.05, 4.69) is 24.7 Å². The monoisotopic (exact) mass is 378 g/mol. The Morgan fingerprint density at radius 3 is 2.68 bits per heavy atom. The minimum Gasteiger partial charge on any atom is -0.274 e. The van der Waals surface area contributed by atoms with Crippen LogP contribution in [0, 0.1) is 0 Å². The fourth-order valence-electron chi connectivity index (χ4n) is 2.83. The van der Waals surface area contributed by atoms with Crippen molar-refractivity contribution in [1.82, 2.24) is 20.8 Å². The van der Waals surface area contributed by atoms with Gasteiger partial charge in [-0.15, -0.1) is 11.3 Å². The first-order valence-electron chi connectivity index (χ1n) is 8.46. The van der Waals surface area contributed by atoms with Gasteiger partial charge in [-0.1, -0.05) is 25.6 Å². The largest absolute Gasteiger partial charge is 0.274 e. The van der Waals surface area contributed by atoms with E-state index in [9.17, 15) is 9.59 Å². The van der Waals surface area contributed by atoms with Crippen LogP contribution in [0.2, 0.25) is 0 Å². The lowest BCUT2D eigenvalue weighted by Gasteiger charge is -2.13. The number of aromatic nitrogens is 2. The number of amides is 2. The maximum atomic E-state index is 11.9. The molecule has 1 aliphatic carbocycles. The summed E-state index contributed by atoms with van der Waals surface area (Å²) in [7, 11) is 0. The molecule has 0 bridgehead atoms. The van der Waals surface area contributed by atoms with Gasteiger partial charge in [-0.25, -0.2) is 9.97 Å². The minimum absolute atomic E-state index is 0.203. The molecule has 0 saturated heterocycles. The minimum atomic E-state index is -0.295. The molecule has 25 heavy (non-hydrogen) atoms. The summed E-state index contributed by atoms with van der Waals surface area (Å²) in [4.78, 5) is 34.8. The molecule has 6 nitrogen and oxygen atoms in total. The molecule has 2 amide bonds. The van der Waals surface area contributed by atoms with Gasteiger partial charge in [0.25, 0.3) is 0 Å². The fraction of sp³-hybridized carbons (Fsp3) is 0.529. The Kier molecular flexibility index (Phi) is 5.58. The van der Waals surface area contributed by atoms with Crippen molar-refractivity contribution in [3.63, 3.8) is 0 Å². The molecular weight excluding hydrogens is 356 g/mol. The quantitative estimate of drug-likeness (QED) is 0.485. The zero-order valence-corrected chi connectivity index (χ0v) is 16.3. The second kappa shape index (κ2) is 7.70. The average molecular weight is 379 g/mol. The zero-order chi connectivity index (χ0) is 18.0. The molecule has 0 unspecified atom stereocenters. The third-order valence-corrected chi connectivity index (χ3v) is 6.19. The van der Waals surface area contributed by atoms with Crippen LogP contribution < -0.4 is 10.9 Å². The van der Waals surface area contributed by atoms with Crippen molar-refractivity contribution in [2.45, 2.75) is 57.4 Å². The number of nitrogens with zero attached hydrogens (tertiary/aromatic N) is 2. The standard InChI is InChI=1S/C17H22N4O2S2/c1-9(2)15-18-16(24-8-13(23)21-20-10(3)22)14-11-6-4-5-7-12(11)25-17(14)19-15/h9H,4-8H2,1-3H3,(H,20,22)(H,21,23). The van der Waals surface area contributed by atoms with Crippen molar-refractivity contribution < 1.29 is 9.59 Å². The van der Waals surface area contributed by atoms with E-state index >= 15 is 0 Å². The van der Waals surface area contributed by atoms with Crippen LogP contribution in [0.5, 0.6) is 0 Å². The van der Waals surface area contributed by atoms with Crippen molar-refractivity contribution in [1.29, 1.82) is 0 Å². The van der Waals surface area contributed by atoms with Gasteiger partial charge in [-0.05, 0) is 31.2 Å². The first kappa shape index (κ1) is 18.1. The molecule has 0 aromatic carbocycles. The van der Waals surface area contributed by atoms with Gasteiger partial charge in [0.1, 0.15) is 15.7 Å². The predicted octanol–water partition coefficient (Wildman–Crippen LogP) is 2.95. The highest BCUT2D eigenvalue weighted by molar-refractivity contribution is 8.00. The lowest BCUT2D eigenvalue weighted by molar-refractivity contribution is -0.126. The lowest BCUT2D eigenvalue weighted by Crippen LogP contribution is -2.41. The van der Waals surface area contributed by atoms with Crippen LogP contribution in [0.3, 0.4) is 0 Å². The van der Waals surface area contributed by atoms with Crippen LogP contribution >= 0.6 is 23.1 Å². The number of hydrogen-bond donors (Lipinski definition) is 2. The second-order valence-corrected chi connectivity index (χ2v) is 8.50. The third kappa shape index (κ3) is 4.12. The molecule has 0 spiro atoms. The van der Waals surface area contributed by atoms with Gasteiger partial charge in [0, 0.05) is 23.1 Å². The SMILES string of the molecule is CC(=O)NNC(=O)CSc1nc(C(C)C)nc2sc3c(c12)CCCC3. The molecule has 3 rings (SSSR count). The number of rotatable bonds is 4. The van der Waals surface area contributed by atoms with E-state index in [1.807, 2.05) is 0 Å². The van der Waals surface area contributed by atoms with Gasteiger partial charge in [0.15, 0.2) is 0 Å². The van der Waals surface area contributed by atoms with Crippen molar-refractivity contribution in [3.8, 4) is 0 Å². The van der Waals surface area contributed by atoms with Crippen LogP contribution in [-0.4, -0.2) is 27.5 Å². The normalized spacial score (nSPS) is 13.8. The predicted molar refractivity (Wildman–Crippen MR) is 101 cm³/mol. The second-order valence-electron chi connectivity index (χ2n) is 6.45. The van der Waals surface area contributed by atoms with Crippen molar-refractivity contribution >= 4 is 45.1 Å². The summed E-state index contributed by atoms with van der Waals surface area (Å²) < 4.78 is 0. The number of fused-ring (bicyclic) bond motifs is 3. The summed E-state index contributed by atoms with van der Waals surface area (Å²) >= 11 is 3.18. The summed E-state index contributed by atoms with van der Waals surface area (Å²) in [6, 6.07) is 0. The summed E-state index contributed by atoms with van der Waals surface area (Å²) in [5.74, 6) is 0.708. The molecule has 0 fully saturated rings. The van der Waals surface area contributed by atoms with Gasteiger partial charge in [0.05, 0.1) is 5.75 Å². The molecule has 134 valence electrons. The highest BCUT2D eigenvalue weighted by Crippen LogP contribution is 2.40. The summed E-state index contributed by atoms with van der Waals surface area (Å²) in [5.41, 5.74) is 6.07. The molecule has 0 aliphatic heterocycles. The van der Waals surface area contributed by atoms with Crippen LogP contribution in [0.15, 0.2) is 5.03 Å². The maximum Gasteiger partial charge on any atom is 0.248 e. The number of hydrogen-bond acceptors (Lipinski definition) is 6. The van der Waals surface area contributed by atoms with Crippen LogP contribution in [0.25, 0.3) is 10.2 Å². The summed E-state index contributed by atoms with van der Waals surface area (Å²) in [6.45, 7) is 5.51. The highest BCUT2D eigenvalue weighted by atomic mass is 32.2. The molecule has 0 radical (unpaired) electrons. The number of hydrazine groups is 1. The number of carbonyl (C=O) groups excluding carboxylic acids is 2. The lowest BCUT2D eigenvalue weighted by atomic mass is 9.97. The Morgan fingerprint density at radius 1 is 1.20 bits per heavy atom. The van der Waals surface area contributed by atoms with E-state index in [0.29, 0.717) is 0 Å². The van der Waals surface area contributed by atoms with Crippen LogP contribution in [-0.2, 0) is 22.4 Å². The number of aryl methyl sites for hydroxylation is 2. The molecule has 2 aromatic rings. The molecule has 2 heterocycles. The van der Waals surface area contributed by atoms with Crippen LogP contribution in [0.1, 0.15) is 55.8 Å². The zero-order valence-electron chi connectivity index (χ0n) is 14.6. The van der Waals surface area contributed by atoms with E-state index < -0.39 is 0 Å². The van der Waals surface area contributed by atoms with Crippen LogP contribution in [0.4, 0.5) is 0 Å². The smallest absolute Gasteiger partial charge is 0.248 e. The average Bonchev–Trinajstić information content (AvgIpc) is 2.96. The number of thioether (sulfide) groups is 1. The van der Waals surface area contributed by atoms with Crippen molar-refractivity contribution in [3.05, 3.63) is 16.3 Å². The molecule has 2 aromatic heterocycles. The Hall–Kier alpha value is -1.67. The van der Waals surface area contributed by atoms with Gasteiger partial charge in [-0.2, -0.15) is 0 Å². The van der Waals surface area contributed by atoms with E-state index in [-0.39, 0.29) is 23.5 Å². The van der Waals surface area contributed by atoms with Gasteiger partial charge < -0.3 is 0 Å². The van der Waals surface area contributed by atoms with E-state index in [0.717, 1.165) is 33.9 Å². The van der Waals surface area contributed by atoms with Gasteiger partial charge in [0.2, 0.25) is 11.8 Å². The molecule has 0 saturated carbocycles. The Labute approximate surface area is 155 Å². The molecule has 2 N–H and O–H groups in total. The third-order valence-electron chi connectivity index (χ3n) is 4.03. The summed E-state index contributed by atoms with van der Waals surface area (Å²) in [5, 5.41) is 2.01. The van der Waals surface area contributed by atoms with Crippen molar-refractivity contribution in [2.24, 2.45) is 0 Å². The van der Waals surface area contributed by atoms with Crippen molar-refractivity contribution in [2.75, 3.05) is 5.75 Å². The Bertz CT molecular complexity index is 817. The molecule has 1 aliphatic rings. The first-order chi connectivity index (χ1) is 12.0. The molecule has 0 atom stereocenters. The topological polar surface area (TPSA) is 84.0 Å². The summed E-state index contributed by atoms with van der Waals surface area (Å²) in [6.07, 6.45) is 4.59. The number of nitrogens with one attached hydrogen (secondary N) is 2. The van der Waals surface area contributed by atoms with Gasteiger partial charge >= 0.3 is 0 Å². The number of carbonyl (C=O) groups is 2. The maximum absolute atomic E-state index is 11.9. The fourth-order valence-corrected chi connectivity index (χ4v) is 5.03. The van der Waals surface area contributed by atoms with Gasteiger partial charge in [-0.3, -0.25) is 20.4 Å². The first-order valence-corrected chi connectivity index (χ1v) is 10.3. The Morgan fingerprint density at radius 2 is 1.96 bits per heavy atom. The number of thiophene rings is 1. The molecular formula is C17H22N4O2S2. The van der Waals surface area contributed by atoms with E-state index in [4.69, 9.17) is 9.97 Å². The van der Waals surface area contributed by atoms with E-state index in [1.165, 1.54) is 42.0 Å².